The van der Waals surface area contributed by atoms with Crippen LogP contribution in [0.5, 0.6) is 11.5 Å². The molecule has 6 nitrogen and oxygen atoms in total. The zero-order valence-corrected chi connectivity index (χ0v) is 16.2. The molecule has 2 aromatic rings. The summed E-state index contributed by atoms with van der Waals surface area (Å²) < 4.78 is 5.13. The van der Waals surface area contributed by atoms with Gasteiger partial charge in [0.25, 0.3) is 0 Å². The van der Waals surface area contributed by atoms with Gasteiger partial charge in [0.15, 0.2) is 0 Å². The number of ether oxygens (including phenoxy) is 1. The molecule has 27 heavy (non-hydrogen) atoms. The van der Waals surface area contributed by atoms with Gasteiger partial charge in [0.05, 0.1) is 23.9 Å². The largest absolute Gasteiger partial charge is 0.506 e. The summed E-state index contributed by atoms with van der Waals surface area (Å²) in [6.45, 7) is 4.89. The molecule has 0 aromatic heterocycles. The van der Waals surface area contributed by atoms with Crippen molar-refractivity contribution in [1.82, 2.24) is 4.90 Å². The molecular formula is C20H24ClN3O3. The van der Waals surface area contributed by atoms with Gasteiger partial charge in [-0.2, -0.15) is 0 Å². The highest BCUT2D eigenvalue weighted by Gasteiger charge is 2.26. The minimum absolute atomic E-state index is 0.0766. The van der Waals surface area contributed by atoms with Crippen LogP contribution >= 0.6 is 11.6 Å². The molecule has 7 heteroatoms. The maximum atomic E-state index is 12.6. The Bertz CT molecular complexity index is 807. The number of benzene rings is 2. The van der Waals surface area contributed by atoms with Crippen LogP contribution in [0.4, 0.5) is 11.4 Å². The second-order valence-electron chi connectivity index (χ2n) is 6.53. The van der Waals surface area contributed by atoms with Gasteiger partial charge in [-0.25, -0.2) is 0 Å². The predicted molar refractivity (Wildman–Crippen MR) is 108 cm³/mol. The molecule has 0 bridgehead atoms. The number of nitrogens with zero attached hydrogens (tertiary/aromatic N) is 2. The van der Waals surface area contributed by atoms with E-state index in [1.54, 1.807) is 31.4 Å². The number of nitrogens with one attached hydrogen (secondary N) is 1. The first-order chi connectivity index (χ1) is 13.0. The van der Waals surface area contributed by atoms with E-state index >= 15 is 0 Å². The van der Waals surface area contributed by atoms with E-state index in [-0.39, 0.29) is 17.7 Å². The zero-order chi connectivity index (χ0) is 19.4. The van der Waals surface area contributed by atoms with Crippen LogP contribution in [0, 0.1) is 0 Å². The highest BCUT2D eigenvalue weighted by Crippen LogP contribution is 2.28. The molecule has 1 fully saturated rings. The molecule has 0 aliphatic carbocycles. The van der Waals surface area contributed by atoms with Gasteiger partial charge in [0.1, 0.15) is 11.5 Å². The highest BCUT2D eigenvalue weighted by molar-refractivity contribution is 6.32. The van der Waals surface area contributed by atoms with Gasteiger partial charge in [0, 0.05) is 31.9 Å². The Kier molecular flexibility index (Phi) is 6.08. The van der Waals surface area contributed by atoms with Gasteiger partial charge >= 0.3 is 0 Å². The number of anilines is 2. The Balaban J connectivity index is 1.57. The summed E-state index contributed by atoms with van der Waals surface area (Å²) in [5, 5.41) is 13.4. The summed E-state index contributed by atoms with van der Waals surface area (Å²) in [6, 6.07) is 12.2. The first-order valence-corrected chi connectivity index (χ1v) is 9.29. The van der Waals surface area contributed by atoms with Gasteiger partial charge in [-0.3, -0.25) is 9.69 Å². The number of halogens is 1. The number of rotatable bonds is 5. The van der Waals surface area contributed by atoms with Gasteiger partial charge in [0.2, 0.25) is 5.91 Å². The molecule has 2 aromatic carbocycles. The van der Waals surface area contributed by atoms with Crippen molar-refractivity contribution in [3.05, 3.63) is 47.5 Å². The van der Waals surface area contributed by atoms with E-state index in [4.69, 9.17) is 16.3 Å². The lowest BCUT2D eigenvalue weighted by atomic mass is 10.2. The Morgan fingerprint density at radius 1 is 1.19 bits per heavy atom. The van der Waals surface area contributed by atoms with E-state index in [2.05, 4.69) is 15.1 Å². The van der Waals surface area contributed by atoms with Crippen molar-refractivity contribution in [1.29, 1.82) is 0 Å². The van der Waals surface area contributed by atoms with Gasteiger partial charge < -0.3 is 20.1 Å². The number of phenolic OH excluding ortho intramolecular Hbond substituents is 1. The third kappa shape index (κ3) is 4.46. The number of hydrogen-bond donors (Lipinski definition) is 2. The van der Waals surface area contributed by atoms with Crippen molar-refractivity contribution in [3.8, 4) is 11.5 Å². The number of hydrogen-bond acceptors (Lipinski definition) is 5. The van der Waals surface area contributed by atoms with Crippen molar-refractivity contribution in [3.63, 3.8) is 0 Å². The van der Waals surface area contributed by atoms with Gasteiger partial charge in [-0.05, 0) is 37.3 Å². The molecule has 0 radical (unpaired) electrons. The Labute approximate surface area is 164 Å². The van der Waals surface area contributed by atoms with E-state index < -0.39 is 0 Å². The van der Waals surface area contributed by atoms with Crippen molar-refractivity contribution >= 4 is 28.9 Å². The normalized spacial score (nSPS) is 16.0. The minimum atomic E-state index is -0.266. The molecule has 0 unspecified atom stereocenters. The molecule has 0 spiro atoms. The van der Waals surface area contributed by atoms with E-state index in [9.17, 15) is 9.90 Å². The molecule has 3 rings (SSSR count). The van der Waals surface area contributed by atoms with Crippen LogP contribution in [0.2, 0.25) is 5.02 Å². The number of piperazine rings is 1. The van der Waals surface area contributed by atoms with Crippen molar-refractivity contribution in [2.75, 3.05) is 43.5 Å². The molecule has 1 amide bonds. The predicted octanol–water partition coefficient (Wildman–Crippen LogP) is 3.20. The number of carbonyl (C=O) groups is 1. The number of methoxy groups -OCH3 is 1. The van der Waals surface area contributed by atoms with Crippen molar-refractivity contribution < 1.29 is 14.6 Å². The average molecular weight is 390 g/mol. The fourth-order valence-electron chi connectivity index (χ4n) is 3.24. The monoisotopic (exact) mass is 389 g/mol. The molecule has 0 saturated carbocycles. The second-order valence-corrected chi connectivity index (χ2v) is 6.93. The first kappa shape index (κ1) is 19.3. The molecule has 2 N–H and O–H groups in total. The van der Waals surface area contributed by atoms with Crippen LogP contribution in [0.25, 0.3) is 0 Å². The number of phenols is 1. The van der Waals surface area contributed by atoms with Gasteiger partial charge in [-0.1, -0.05) is 23.7 Å². The minimum Gasteiger partial charge on any atom is -0.506 e. The van der Waals surface area contributed by atoms with Crippen LogP contribution in [0.15, 0.2) is 42.5 Å². The lowest BCUT2D eigenvalue weighted by Gasteiger charge is -2.38. The number of para-hydroxylation sites is 2. The van der Waals surface area contributed by atoms with Crippen LogP contribution in [-0.2, 0) is 4.79 Å². The van der Waals surface area contributed by atoms with Crippen LogP contribution in [0.1, 0.15) is 6.92 Å². The SMILES string of the molecule is COc1ccc(NC(=O)[C@@H](C)N2CCN(c3ccccc3O)CC2)cc1Cl. The van der Waals surface area contributed by atoms with E-state index in [1.165, 1.54) is 0 Å². The summed E-state index contributed by atoms with van der Waals surface area (Å²) in [5.74, 6) is 0.781. The summed E-state index contributed by atoms with van der Waals surface area (Å²) in [6.07, 6.45) is 0. The maximum absolute atomic E-state index is 12.6. The Morgan fingerprint density at radius 2 is 1.89 bits per heavy atom. The topological polar surface area (TPSA) is 65.0 Å². The molecular weight excluding hydrogens is 366 g/mol. The molecule has 1 atom stereocenters. The average Bonchev–Trinajstić information content (AvgIpc) is 2.68. The summed E-state index contributed by atoms with van der Waals surface area (Å²) >= 11 is 6.12. The van der Waals surface area contributed by atoms with Crippen molar-refractivity contribution in [2.45, 2.75) is 13.0 Å². The molecule has 144 valence electrons. The fraction of sp³-hybridized carbons (Fsp3) is 0.350. The van der Waals surface area contributed by atoms with E-state index in [0.29, 0.717) is 16.5 Å². The summed E-state index contributed by atoms with van der Waals surface area (Å²) in [7, 11) is 1.55. The maximum Gasteiger partial charge on any atom is 0.241 e. The highest BCUT2D eigenvalue weighted by atomic mass is 35.5. The second kappa shape index (κ2) is 8.50. The lowest BCUT2D eigenvalue weighted by Crippen LogP contribution is -2.52. The zero-order valence-electron chi connectivity index (χ0n) is 15.5. The standard InChI is InChI=1S/C20H24ClN3O3/c1-14(20(26)22-15-7-8-19(27-2)16(21)13-15)23-9-11-24(12-10-23)17-5-3-4-6-18(17)25/h3-8,13-14,25H,9-12H2,1-2H3,(H,22,26)/t14-/m1/s1. The summed E-state index contributed by atoms with van der Waals surface area (Å²) in [4.78, 5) is 16.9. The quantitative estimate of drug-likeness (QED) is 0.822. The number of carbonyl (C=O) groups excluding carboxylic acids is 1. The molecule has 1 heterocycles. The third-order valence-electron chi connectivity index (χ3n) is 4.88. The van der Waals surface area contributed by atoms with Gasteiger partial charge in [-0.15, -0.1) is 0 Å². The molecule has 1 aliphatic heterocycles. The van der Waals surface area contributed by atoms with E-state index in [1.807, 2.05) is 25.1 Å². The third-order valence-corrected chi connectivity index (χ3v) is 5.18. The lowest BCUT2D eigenvalue weighted by molar-refractivity contribution is -0.120. The summed E-state index contributed by atoms with van der Waals surface area (Å²) in [5.41, 5.74) is 1.48. The van der Waals surface area contributed by atoms with E-state index in [0.717, 1.165) is 31.9 Å². The smallest absolute Gasteiger partial charge is 0.241 e. The number of amides is 1. The Morgan fingerprint density at radius 3 is 2.52 bits per heavy atom. The van der Waals surface area contributed by atoms with Crippen LogP contribution in [-0.4, -0.2) is 55.2 Å². The van der Waals surface area contributed by atoms with Crippen LogP contribution < -0.4 is 15.0 Å². The van der Waals surface area contributed by atoms with Crippen LogP contribution in [0.3, 0.4) is 0 Å². The first-order valence-electron chi connectivity index (χ1n) is 8.91. The Hall–Kier alpha value is -2.44. The number of aromatic hydroxyl groups is 1. The fourth-order valence-corrected chi connectivity index (χ4v) is 3.50. The van der Waals surface area contributed by atoms with Crippen molar-refractivity contribution in [2.24, 2.45) is 0 Å². The molecule has 1 aliphatic rings. The molecule has 1 saturated heterocycles.